The normalized spacial score (nSPS) is 10.7. The van der Waals surface area contributed by atoms with E-state index in [0.29, 0.717) is 5.69 Å². The maximum absolute atomic E-state index is 13.2. The van der Waals surface area contributed by atoms with Crippen LogP contribution in [0, 0.1) is 5.82 Å². The molecule has 2 aromatic carbocycles. The van der Waals surface area contributed by atoms with Crippen molar-refractivity contribution in [3.8, 4) is 0 Å². The number of nitrogens with zero attached hydrogens (tertiary/aromatic N) is 1. The first-order valence-electron chi connectivity index (χ1n) is 9.07. The van der Waals surface area contributed by atoms with E-state index in [4.69, 9.17) is 0 Å². The van der Waals surface area contributed by atoms with Gasteiger partial charge in [0.2, 0.25) is 11.8 Å². The zero-order valence-electron chi connectivity index (χ0n) is 16.0. The van der Waals surface area contributed by atoms with Crippen LogP contribution >= 0.6 is 0 Å². The van der Waals surface area contributed by atoms with Gasteiger partial charge in [0.05, 0.1) is 13.1 Å². The van der Waals surface area contributed by atoms with Gasteiger partial charge < -0.3 is 10.6 Å². The SMILES string of the molecule is CCc1cccc(CC)c1NC(=O)CN(C)CC(=O)Nc1cccc(F)c1. The molecule has 0 bridgehead atoms. The highest BCUT2D eigenvalue weighted by Gasteiger charge is 2.14. The highest BCUT2D eigenvalue weighted by Crippen LogP contribution is 2.22. The van der Waals surface area contributed by atoms with E-state index >= 15 is 0 Å². The Bertz CT molecular complexity index is 786. The summed E-state index contributed by atoms with van der Waals surface area (Å²) in [7, 11) is 1.69. The van der Waals surface area contributed by atoms with Crippen LogP contribution in [0.3, 0.4) is 0 Å². The van der Waals surface area contributed by atoms with Crippen LogP contribution in [0.5, 0.6) is 0 Å². The number of benzene rings is 2. The number of hydrogen-bond acceptors (Lipinski definition) is 3. The smallest absolute Gasteiger partial charge is 0.238 e. The third-order valence-corrected chi connectivity index (χ3v) is 4.20. The molecule has 0 aliphatic carbocycles. The molecule has 0 saturated carbocycles. The standard InChI is InChI=1S/C21H26FN3O2/c1-4-15-8-6-9-16(5-2)21(15)24-20(27)14-25(3)13-19(26)23-18-11-7-10-17(22)12-18/h6-12H,4-5,13-14H2,1-3H3,(H,23,26)(H,24,27). The summed E-state index contributed by atoms with van der Waals surface area (Å²) in [6, 6.07) is 11.7. The van der Waals surface area contributed by atoms with Crippen molar-refractivity contribution < 1.29 is 14.0 Å². The van der Waals surface area contributed by atoms with Crippen LogP contribution in [-0.2, 0) is 22.4 Å². The van der Waals surface area contributed by atoms with Gasteiger partial charge in [-0.15, -0.1) is 0 Å². The molecule has 2 N–H and O–H groups in total. The molecule has 0 aliphatic rings. The van der Waals surface area contributed by atoms with E-state index in [1.165, 1.54) is 18.2 Å². The van der Waals surface area contributed by atoms with E-state index in [0.717, 1.165) is 29.7 Å². The molecule has 0 atom stereocenters. The maximum atomic E-state index is 13.2. The summed E-state index contributed by atoms with van der Waals surface area (Å²) >= 11 is 0. The van der Waals surface area contributed by atoms with Gasteiger partial charge in [-0.1, -0.05) is 38.1 Å². The largest absolute Gasteiger partial charge is 0.325 e. The lowest BCUT2D eigenvalue weighted by atomic mass is 10.0. The highest BCUT2D eigenvalue weighted by atomic mass is 19.1. The predicted octanol–water partition coefficient (Wildman–Crippen LogP) is 3.46. The minimum atomic E-state index is -0.415. The summed E-state index contributed by atoms with van der Waals surface area (Å²) in [6.45, 7) is 4.21. The zero-order valence-corrected chi connectivity index (χ0v) is 16.0. The number of carbonyl (C=O) groups excluding carboxylic acids is 2. The number of carbonyl (C=O) groups is 2. The molecule has 0 radical (unpaired) electrons. The molecule has 5 nitrogen and oxygen atoms in total. The number of amides is 2. The summed E-state index contributed by atoms with van der Waals surface area (Å²) in [5, 5.41) is 5.60. The Hall–Kier alpha value is -2.73. The number of rotatable bonds is 8. The van der Waals surface area contributed by atoms with Crippen molar-refractivity contribution in [3.05, 3.63) is 59.4 Å². The molecule has 0 spiro atoms. The van der Waals surface area contributed by atoms with Gasteiger partial charge in [-0.05, 0) is 49.2 Å². The van der Waals surface area contributed by atoms with Crippen molar-refractivity contribution in [2.24, 2.45) is 0 Å². The first kappa shape index (κ1) is 20.6. The number of likely N-dealkylation sites (N-methyl/N-ethyl adjacent to an activating group) is 1. The van der Waals surface area contributed by atoms with Crippen LogP contribution < -0.4 is 10.6 Å². The average Bonchev–Trinajstić information content (AvgIpc) is 2.61. The molecule has 0 aromatic heterocycles. The lowest BCUT2D eigenvalue weighted by Crippen LogP contribution is -2.36. The molecule has 0 unspecified atom stereocenters. The lowest BCUT2D eigenvalue weighted by molar-refractivity contribution is -0.119. The van der Waals surface area contributed by atoms with Crippen molar-refractivity contribution in [2.45, 2.75) is 26.7 Å². The Balaban J connectivity index is 1.91. The second kappa shape index (κ2) is 9.83. The maximum Gasteiger partial charge on any atom is 0.238 e. The topological polar surface area (TPSA) is 61.4 Å². The van der Waals surface area contributed by atoms with E-state index in [9.17, 15) is 14.0 Å². The first-order valence-corrected chi connectivity index (χ1v) is 9.07. The number of hydrogen-bond donors (Lipinski definition) is 2. The molecule has 0 aliphatic heterocycles. The summed E-state index contributed by atoms with van der Waals surface area (Å²) in [4.78, 5) is 26.1. The third kappa shape index (κ3) is 6.18. The molecule has 0 saturated heterocycles. The Morgan fingerprint density at radius 1 is 0.926 bits per heavy atom. The van der Waals surface area contributed by atoms with Crippen LogP contribution in [0.25, 0.3) is 0 Å². The van der Waals surface area contributed by atoms with Gasteiger partial charge in [-0.25, -0.2) is 4.39 Å². The molecule has 144 valence electrons. The van der Waals surface area contributed by atoms with Gasteiger partial charge in [0, 0.05) is 11.4 Å². The number of anilines is 2. The minimum absolute atomic E-state index is 0.0278. The van der Waals surface area contributed by atoms with Gasteiger partial charge in [-0.3, -0.25) is 14.5 Å². The van der Waals surface area contributed by atoms with Crippen LogP contribution in [-0.4, -0.2) is 36.9 Å². The van der Waals surface area contributed by atoms with Crippen LogP contribution in [0.1, 0.15) is 25.0 Å². The molecular weight excluding hydrogens is 345 g/mol. The fourth-order valence-electron chi connectivity index (χ4n) is 2.90. The van der Waals surface area contributed by atoms with Crippen molar-refractivity contribution in [2.75, 3.05) is 30.8 Å². The molecule has 2 rings (SSSR count). The number of nitrogens with one attached hydrogen (secondary N) is 2. The fraction of sp³-hybridized carbons (Fsp3) is 0.333. The zero-order chi connectivity index (χ0) is 19.8. The minimum Gasteiger partial charge on any atom is -0.325 e. The lowest BCUT2D eigenvalue weighted by Gasteiger charge is -2.18. The molecule has 2 aromatic rings. The summed E-state index contributed by atoms with van der Waals surface area (Å²) in [5.41, 5.74) is 3.44. The molecule has 27 heavy (non-hydrogen) atoms. The van der Waals surface area contributed by atoms with Gasteiger partial charge in [0.15, 0.2) is 0 Å². The number of para-hydroxylation sites is 1. The Morgan fingerprint density at radius 2 is 1.48 bits per heavy atom. The van der Waals surface area contributed by atoms with Crippen molar-refractivity contribution in [1.29, 1.82) is 0 Å². The summed E-state index contributed by atoms with van der Waals surface area (Å²) in [5.74, 6) is -0.896. The molecule has 6 heteroatoms. The van der Waals surface area contributed by atoms with E-state index < -0.39 is 5.82 Å². The molecule has 2 amide bonds. The summed E-state index contributed by atoms with van der Waals surface area (Å²) < 4.78 is 13.2. The average molecular weight is 371 g/mol. The van der Waals surface area contributed by atoms with E-state index in [2.05, 4.69) is 10.6 Å². The second-order valence-corrected chi connectivity index (χ2v) is 6.44. The van der Waals surface area contributed by atoms with Crippen LogP contribution in [0.15, 0.2) is 42.5 Å². The van der Waals surface area contributed by atoms with E-state index in [1.54, 1.807) is 18.0 Å². The van der Waals surface area contributed by atoms with Gasteiger partial charge >= 0.3 is 0 Å². The van der Waals surface area contributed by atoms with Gasteiger partial charge in [0.1, 0.15) is 5.82 Å². The van der Waals surface area contributed by atoms with Gasteiger partial charge in [0.25, 0.3) is 0 Å². The highest BCUT2D eigenvalue weighted by molar-refractivity contribution is 5.95. The van der Waals surface area contributed by atoms with Crippen molar-refractivity contribution in [3.63, 3.8) is 0 Å². The van der Waals surface area contributed by atoms with E-state index in [-0.39, 0.29) is 24.9 Å². The summed E-state index contributed by atoms with van der Waals surface area (Å²) in [6.07, 6.45) is 1.66. The Kier molecular flexibility index (Phi) is 7.49. The molecule has 0 heterocycles. The first-order chi connectivity index (χ1) is 12.9. The fourth-order valence-corrected chi connectivity index (χ4v) is 2.90. The Morgan fingerprint density at radius 3 is 2.04 bits per heavy atom. The quantitative estimate of drug-likeness (QED) is 0.747. The molecular formula is C21H26FN3O2. The van der Waals surface area contributed by atoms with Crippen molar-refractivity contribution >= 4 is 23.2 Å². The van der Waals surface area contributed by atoms with Crippen LogP contribution in [0.4, 0.5) is 15.8 Å². The second-order valence-electron chi connectivity index (χ2n) is 6.44. The number of halogens is 1. The monoisotopic (exact) mass is 371 g/mol. The number of aryl methyl sites for hydroxylation is 2. The van der Waals surface area contributed by atoms with E-state index in [1.807, 2.05) is 32.0 Å². The third-order valence-electron chi connectivity index (χ3n) is 4.20. The van der Waals surface area contributed by atoms with Crippen LogP contribution in [0.2, 0.25) is 0 Å². The van der Waals surface area contributed by atoms with Gasteiger partial charge in [-0.2, -0.15) is 0 Å². The van der Waals surface area contributed by atoms with Crippen molar-refractivity contribution in [1.82, 2.24) is 4.90 Å². The molecule has 0 fully saturated rings. The predicted molar refractivity (Wildman–Crippen MR) is 106 cm³/mol. The Labute approximate surface area is 159 Å².